The third-order valence-electron chi connectivity index (χ3n) is 9.09. The zero-order valence-electron chi connectivity index (χ0n) is 28.1. The van der Waals surface area contributed by atoms with Gasteiger partial charge in [-0.2, -0.15) is 0 Å². The van der Waals surface area contributed by atoms with Crippen LogP contribution in [-0.4, -0.2) is 90.3 Å². The number of nitrogens with one attached hydrogen (secondary N) is 1. The van der Waals surface area contributed by atoms with E-state index >= 15 is 0 Å². The number of fused-ring (bicyclic) bond motifs is 1. The monoisotopic (exact) mass is 625 g/mol. The Morgan fingerprint density at radius 1 is 0.935 bits per heavy atom. The smallest absolute Gasteiger partial charge is 0.246 e. The highest BCUT2D eigenvalue weighted by Crippen LogP contribution is 2.21. The van der Waals surface area contributed by atoms with Crippen LogP contribution in [0.25, 0.3) is 10.8 Å². The highest BCUT2D eigenvalue weighted by atomic mass is 16.2. The van der Waals surface area contributed by atoms with Crippen LogP contribution in [0.15, 0.2) is 84.9 Å². The molecule has 3 aromatic rings. The van der Waals surface area contributed by atoms with Crippen LogP contribution in [0, 0.1) is 0 Å². The van der Waals surface area contributed by atoms with Crippen LogP contribution in [0.3, 0.4) is 0 Å². The van der Waals surface area contributed by atoms with Crippen LogP contribution in [0.2, 0.25) is 0 Å². The van der Waals surface area contributed by atoms with Crippen molar-refractivity contribution in [3.8, 4) is 0 Å². The molecule has 0 saturated carbocycles. The minimum absolute atomic E-state index is 0.191. The number of hydrogen-bond donors (Lipinski definition) is 2. The van der Waals surface area contributed by atoms with E-state index in [4.69, 9.17) is 5.73 Å². The minimum Gasteiger partial charge on any atom is -0.354 e. The first-order chi connectivity index (χ1) is 21.9. The van der Waals surface area contributed by atoms with Crippen LogP contribution in [0.4, 0.5) is 0 Å². The second kappa shape index (κ2) is 16.0. The molecule has 0 aromatic heterocycles. The molecule has 46 heavy (non-hydrogen) atoms. The first kappa shape index (κ1) is 34.9. The average molecular weight is 626 g/mol. The molecule has 1 aliphatic heterocycles. The molecule has 1 heterocycles. The molecule has 3 N–H and O–H groups in total. The quantitative estimate of drug-likeness (QED) is 0.256. The van der Waals surface area contributed by atoms with Crippen molar-refractivity contribution in [2.75, 3.05) is 34.2 Å². The molecule has 4 rings (SSSR count). The van der Waals surface area contributed by atoms with E-state index in [1.54, 1.807) is 20.2 Å². The lowest BCUT2D eigenvalue weighted by Gasteiger charge is -2.34. The number of amides is 3. The van der Waals surface area contributed by atoms with E-state index < -0.39 is 17.6 Å². The molecule has 1 unspecified atom stereocenters. The maximum atomic E-state index is 14.5. The van der Waals surface area contributed by atoms with Crippen molar-refractivity contribution in [3.63, 3.8) is 0 Å². The molecule has 8 nitrogen and oxygen atoms in total. The Bertz CT molecular complexity index is 1500. The highest BCUT2D eigenvalue weighted by Gasteiger charge is 2.35. The molecule has 1 saturated heterocycles. The molecule has 0 aliphatic carbocycles. The number of likely N-dealkylation sites (tertiary alicyclic amines) is 1. The standard InChI is InChI=1S/C38H51N5O3/c1-38(2,39)22-11-18-35(44)42(4)34(27-29-19-20-30-15-9-10-16-31(30)25-29)37(46)43(5)33(26-28-13-7-6-8-14-28)36(45)40-23-21-32-17-12-24-41(32)3/h6-11,13-16,18-20,25,32-34H,12,17,21-24,26-27,39H2,1-5H3,(H,40,45)/b18-11+/t32?,33-,34-/m1/s1. The third-order valence-corrected chi connectivity index (χ3v) is 9.09. The predicted octanol–water partition coefficient (Wildman–Crippen LogP) is 4.56. The Hall–Kier alpha value is -4.01. The number of carbonyl (C=O) groups excluding carboxylic acids is 3. The zero-order chi connectivity index (χ0) is 33.3. The summed E-state index contributed by atoms with van der Waals surface area (Å²) in [7, 11) is 5.46. The summed E-state index contributed by atoms with van der Waals surface area (Å²) in [5.74, 6) is -0.770. The first-order valence-electron chi connectivity index (χ1n) is 16.4. The number of likely N-dealkylation sites (N-methyl/N-ethyl adjacent to an activating group) is 2. The van der Waals surface area contributed by atoms with Gasteiger partial charge >= 0.3 is 0 Å². The van der Waals surface area contributed by atoms with Crippen molar-refractivity contribution in [2.45, 2.75) is 76.0 Å². The summed E-state index contributed by atoms with van der Waals surface area (Å²) in [6.07, 6.45) is 7.61. The Morgan fingerprint density at radius 3 is 2.28 bits per heavy atom. The number of carbonyl (C=O) groups is 3. The van der Waals surface area contributed by atoms with Gasteiger partial charge in [0.05, 0.1) is 0 Å². The van der Waals surface area contributed by atoms with Gasteiger partial charge in [0.1, 0.15) is 12.1 Å². The summed E-state index contributed by atoms with van der Waals surface area (Å²) < 4.78 is 0. The van der Waals surface area contributed by atoms with Gasteiger partial charge in [-0.1, -0.05) is 78.9 Å². The third kappa shape index (κ3) is 9.74. The highest BCUT2D eigenvalue weighted by molar-refractivity contribution is 5.95. The normalized spacial score (nSPS) is 16.8. The molecular formula is C38H51N5O3. The van der Waals surface area contributed by atoms with E-state index in [2.05, 4.69) is 23.3 Å². The van der Waals surface area contributed by atoms with Gasteiger partial charge in [-0.25, -0.2) is 0 Å². The first-order valence-corrected chi connectivity index (χ1v) is 16.4. The van der Waals surface area contributed by atoms with E-state index in [-0.39, 0.29) is 17.7 Å². The second-order valence-corrected chi connectivity index (χ2v) is 13.5. The van der Waals surface area contributed by atoms with E-state index in [9.17, 15) is 14.4 Å². The maximum Gasteiger partial charge on any atom is 0.246 e. The van der Waals surface area contributed by atoms with Gasteiger partial charge in [0, 0.05) is 45.1 Å². The summed E-state index contributed by atoms with van der Waals surface area (Å²) in [4.78, 5) is 47.0. The fourth-order valence-electron chi connectivity index (χ4n) is 6.17. The van der Waals surface area contributed by atoms with Gasteiger partial charge in [0.15, 0.2) is 0 Å². The van der Waals surface area contributed by atoms with Crippen LogP contribution in [0.1, 0.15) is 50.7 Å². The second-order valence-electron chi connectivity index (χ2n) is 13.5. The molecular weight excluding hydrogens is 574 g/mol. The SMILES string of the molecule is CN1CCCC1CCNC(=O)[C@@H](Cc1ccccc1)N(C)C(=O)[C@@H](Cc1ccc2ccccc2c1)N(C)C(=O)/C=C/CC(C)(C)N. The lowest BCUT2D eigenvalue weighted by molar-refractivity contribution is -0.146. The van der Waals surface area contributed by atoms with E-state index in [1.165, 1.54) is 22.3 Å². The van der Waals surface area contributed by atoms with Gasteiger partial charge in [-0.3, -0.25) is 14.4 Å². The average Bonchev–Trinajstić information content (AvgIpc) is 3.45. The lowest BCUT2D eigenvalue weighted by Crippen LogP contribution is -2.56. The molecule has 8 heteroatoms. The number of rotatable bonds is 14. The molecule has 1 aliphatic rings. The Balaban J connectivity index is 1.59. The molecule has 3 amide bonds. The number of hydrogen-bond acceptors (Lipinski definition) is 5. The van der Waals surface area contributed by atoms with Crippen molar-refractivity contribution in [3.05, 3.63) is 96.1 Å². The number of nitrogens with two attached hydrogens (primary N) is 1. The number of nitrogens with zero attached hydrogens (tertiary/aromatic N) is 3. The van der Waals surface area contributed by atoms with E-state index in [0.717, 1.165) is 41.3 Å². The van der Waals surface area contributed by atoms with Crippen molar-refractivity contribution < 1.29 is 14.4 Å². The fourth-order valence-corrected chi connectivity index (χ4v) is 6.17. The van der Waals surface area contributed by atoms with E-state index in [1.807, 2.05) is 80.6 Å². The Kier molecular flexibility index (Phi) is 12.1. The Morgan fingerprint density at radius 2 is 1.61 bits per heavy atom. The van der Waals surface area contributed by atoms with Crippen LogP contribution < -0.4 is 11.1 Å². The summed E-state index contributed by atoms with van der Waals surface area (Å²) >= 11 is 0. The predicted molar refractivity (Wildman–Crippen MR) is 186 cm³/mol. The van der Waals surface area contributed by atoms with Crippen LogP contribution in [-0.2, 0) is 27.2 Å². The molecule has 3 aromatic carbocycles. The van der Waals surface area contributed by atoms with Gasteiger partial charge in [0.2, 0.25) is 17.7 Å². The van der Waals surface area contributed by atoms with Gasteiger partial charge in [-0.15, -0.1) is 0 Å². The zero-order valence-corrected chi connectivity index (χ0v) is 28.1. The number of benzene rings is 3. The van der Waals surface area contributed by atoms with Crippen molar-refractivity contribution >= 4 is 28.5 Å². The summed E-state index contributed by atoms with van der Waals surface area (Å²) in [5.41, 5.74) is 7.55. The van der Waals surface area contributed by atoms with Crippen molar-refractivity contribution in [2.24, 2.45) is 5.73 Å². The molecule has 0 radical (unpaired) electrons. The summed E-state index contributed by atoms with van der Waals surface area (Å²) in [5, 5.41) is 5.29. The van der Waals surface area contributed by atoms with Gasteiger partial charge in [-0.05, 0) is 81.1 Å². The van der Waals surface area contributed by atoms with Crippen molar-refractivity contribution in [1.82, 2.24) is 20.0 Å². The molecule has 3 atom stereocenters. The lowest BCUT2D eigenvalue weighted by atomic mass is 9.98. The largest absolute Gasteiger partial charge is 0.354 e. The van der Waals surface area contributed by atoms with E-state index in [0.29, 0.717) is 31.8 Å². The maximum absolute atomic E-state index is 14.5. The fraction of sp³-hybridized carbons (Fsp3) is 0.447. The summed E-state index contributed by atoms with van der Waals surface area (Å²) in [6, 6.07) is 22.8. The van der Waals surface area contributed by atoms with Gasteiger partial charge < -0.3 is 25.8 Å². The minimum atomic E-state index is -0.826. The van der Waals surface area contributed by atoms with Crippen LogP contribution >= 0.6 is 0 Å². The molecule has 0 bridgehead atoms. The molecule has 1 fully saturated rings. The van der Waals surface area contributed by atoms with Crippen molar-refractivity contribution in [1.29, 1.82) is 0 Å². The Labute approximate surface area is 274 Å². The topological polar surface area (TPSA) is 99.0 Å². The summed E-state index contributed by atoms with van der Waals surface area (Å²) in [6.45, 7) is 5.42. The van der Waals surface area contributed by atoms with Crippen LogP contribution in [0.5, 0.6) is 0 Å². The van der Waals surface area contributed by atoms with Gasteiger partial charge in [0.25, 0.3) is 0 Å². The molecule has 246 valence electrons. The molecule has 0 spiro atoms.